The minimum atomic E-state index is -0.783. The lowest BCUT2D eigenvalue weighted by atomic mass is 10.1. The first-order chi connectivity index (χ1) is 6.24. The molecule has 0 spiro atoms. The molecule has 1 rings (SSSR count). The molecule has 76 valence electrons. The molecular weight excluding hydrogens is 172 g/mol. The number of carbonyl (C=O) groups excluding carboxylic acids is 1. The zero-order valence-electron chi connectivity index (χ0n) is 7.49. The zero-order chi connectivity index (χ0) is 9.68. The molecule has 1 aliphatic heterocycles. The normalized spacial score (nSPS) is 25.4. The molecule has 0 radical (unpaired) electrons. The van der Waals surface area contributed by atoms with E-state index in [0.29, 0.717) is 0 Å². The Balaban J connectivity index is 2.22. The van der Waals surface area contributed by atoms with Gasteiger partial charge in [0.2, 0.25) is 5.91 Å². The highest BCUT2D eigenvalue weighted by atomic mass is 16.3. The molecule has 4 N–H and O–H groups in total. The molecule has 0 aromatic rings. The third-order valence-corrected chi connectivity index (χ3v) is 2.10. The molecule has 0 saturated carbocycles. The van der Waals surface area contributed by atoms with Crippen molar-refractivity contribution < 1.29 is 15.0 Å². The quantitative estimate of drug-likeness (QED) is 0.420. The van der Waals surface area contributed by atoms with Gasteiger partial charge in [0.05, 0.1) is 18.8 Å². The van der Waals surface area contributed by atoms with Gasteiger partial charge in [0, 0.05) is 13.1 Å². The van der Waals surface area contributed by atoms with Crippen molar-refractivity contribution >= 4 is 5.91 Å². The number of rotatable bonds is 4. The zero-order valence-corrected chi connectivity index (χ0v) is 7.49. The number of hydrogen-bond donors (Lipinski definition) is 4. The summed E-state index contributed by atoms with van der Waals surface area (Å²) >= 11 is 0. The van der Waals surface area contributed by atoms with Crippen LogP contribution in [0, 0.1) is 0 Å². The first-order valence-electron chi connectivity index (χ1n) is 4.54. The van der Waals surface area contributed by atoms with Gasteiger partial charge in [-0.05, 0) is 12.8 Å². The summed E-state index contributed by atoms with van der Waals surface area (Å²) in [6.07, 6.45) is 0.970. The van der Waals surface area contributed by atoms with Gasteiger partial charge >= 0.3 is 0 Å². The number of aliphatic hydroxyl groups excluding tert-OH is 2. The molecule has 0 aliphatic carbocycles. The predicted octanol–water partition coefficient (Wildman–Crippen LogP) is -1.79. The van der Waals surface area contributed by atoms with Gasteiger partial charge in [0.1, 0.15) is 0 Å². The average molecular weight is 188 g/mol. The van der Waals surface area contributed by atoms with E-state index in [1.165, 1.54) is 0 Å². The van der Waals surface area contributed by atoms with E-state index in [0.717, 1.165) is 19.4 Å². The molecule has 5 nitrogen and oxygen atoms in total. The van der Waals surface area contributed by atoms with Crippen molar-refractivity contribution in [2.45, 2.75) is 25.0 Å². The highest BCUT2D eigenvalue weighted by molar-refractivity contribution is 5.82. The van der Waals surface area contributed by atoms with Crippen LogP contribution in [0.4, 0.5) is 0 Å². The van der Waals surface area contributed by atoms with E-state index in [-0.39, 0.29) is 25.1 Å². The summed E-state index contributed by atoms with van der Waals surface area (Å²) in [4.78, 5) is 11.2. The maximum absolute atomic E-state index is 11.2. The van der Waals surface area contributed by atoms with Crippen LogP contribution in [0.5, 0.6) is 0 Å². The van der Waals surface area contributed by atoms with Gasteiger partial charge in [-0.25, -0.2) is 0 Å². The summed E-state index contributed by atoms with van der Waals surface area (Å²) in [5.41, 5.74) is 0. The number of carbonyl (C=O) groups is 1. The molecule has 1 fully saturated rings. The molecule has 0 bridgehead atoms. The first kappa shape index (κ1) is 10.4. The van der Waals surface area contributed by atoms with E-state index < -0.39 is 6.10 Å². The molecule has 2 atom stereocenters. The number of piperidine rings is 1. The summed E-state index contributed by atoms with van der Waals surface area (Å²) in [7, 11) is 0. The largest absolute Gasteiger partial charge is 0.394 e. The van der Waals surface area contributed by atoms with Crippen molar-refractivity contribution in [2.24, 2.45) is 0 Å². The lowest BCUT2D eigenvalue weighted by Crippen LogP contribution is -2.50. The molecule has 0 aromatic carbocycles. The third-order valence-electron chi connectivity index (χ3n) is 2.10. The topological polar surface area (TPSA) is 81.6 Å². The molecule has 13 heavy (non-hydrogen) atoms. The van der Waals surface area contributed by atoms with Crippen LogP contribution in [-0.4, -0.2) is 48.0 Å². The van der Waals surface area contributed by atoms with Gasteiger partial charge in [-0.2, -0.15) is 0 Å². The van der Waals surface area contributed by atoms with Gasteiger partial charge in [0.15, 0.2) is 0 Å². The molecule has 1 aliphatic rings. The highest BCUT2D eigenvalue weighted by Gasteiger charge is 2.21. The smallest absolute Gasteiger partial charge is 0.237 e. The Bertz CT molecular complexity index is 175. The van der Waals surface area contributed by atoms with Crippen molar-refractivity contribution in [1.82, 2.24) is 10.6 Å². The second-order valence-corrected chi connectivity index (χ2v) is 3.23. The fourth-order valence-corrected chi connectivity index (χ4v) is 1.31. The molecular formula is C8H16N2O3. The highest BCUT2D eigenvalue weighted by Crippen LogP contribution is 2.02. The number of hydrogen-bond acceptors (Lipinski definition) is 4. The Hall–Kier alpha value is -0.650. The SMILES string of the molecule is O=C1NCCCC1NC[C@H](O)CO. The van der Waals surface area contributed by atoms with E-state index in [4.69, 9.17) is 10.2 Å². The monoisotopic (exact) mass is 188 g/mol. The number of amides is 1. The lowest BCUT2D eigenvalue weighted by molar-refractivity contribution is -0.124. The van der Waals surface area contributed by atoms with Crippen LogP contribution in [0.3, 0.4) is 0 Å². The Kier molecular flexibility index (Phi) is 4.14. The van der Waals surface area contributed by atoms with Crippen LogP contribution >= 0.6 is 0 Å². The van der Waals surface area contributed by atoms with E-state index in [1.54, 1.807) is 0 Å². The van der Waals surface area contributed by atoms with Gasteiger partial charge in [0.25, 0.3) is 0 Å². The summed E-state index contributed by atoms with van der Waals surface area (Å²) in [5.74, 6) is -0.0172. The summed E-state index contributed by atoms with van der Waals surface area (Å²) in [6.45, 7) is 0.718. The second-order valence-electron chi connectivity index (χ2n) is 3.23. The van der Waals surface area contributed by atoms with Gasteiger partial charge in [-0.1, -0.05) is 0 Å². The van der Waals surface area contributed by atoms with Crippen molar-refractivity contribution in [3.8, 4) is 0 Å². The average Bonchev–Trinajstić information content (AvgIpc) is 2.16. The number of aliphatic hydroxyl groups is 2. The van der Waals surface area contributed by atoms with Crippen molar-refractivity contribution in [3.63, 3.8) is 0 Å². The fraction of sp³-hybridized carbons (Fsp3) is 0.875. The van der Waals surface area contributed by atoms with Gasteiger partial charge in [-0.15, -0.1) is 0 Å². The Morgan fingerprint density at radius 1 is 1.69 bits per heavy atom. The van der Waals surface area contributed by atoms with Crippen LogP contribution < -0.4 is 10.6 Å². The van der Waals surface area contributed by atoms with Gasteiger partial charge in [-0.3, -0.25) is 4.79 Å². The summed E-state index contributed by atoms with van der Waals surface area (Å²) in [5, 5.41) is 23.2. The summed E-state index contributed by atoms with van der Waals surface area (Å²) in [6, 6.07) is -0.213. The van der Waals surface area contributed by atoms with Crippen LogP contribution in [-0.2, 0) is 4.79 Å². The minimum absolute atomic E-state index is 0.0172. The fourth-order valence-electron chi connectivity index (χ4n) is 1.31. The molecule has 5 heteroatoms. The molecule has 1 heterocycles. The maximum Gasteiger partial charge on any atom is 0.237 e. The Labute approximate surface area is 77.1 Å². The third kappa shape index (κ3) is 3.30. The Morgan fingerprint density at radius 3 is 3.08 bits per heavy atom. The van der Waals surface area contributed by atoms with Gasteiger partial charge < -0.3 is 20.8 Å². The first-order valence-corrected chi connectivity index (χ1v) is 4.54. The standard InChI is InChI=1S/C8H16N2O3/c11-5-6(12)4-10-7-2-1-3-9-8(7)13/h6-7,10-12H,1-5H2,(H,9,13)/t6-,7?/m0/s1. The predicted molar refractivity (Wildman–Crippen MR) is 47.1 cm³/mol. The van der Waals surface area contributed by atoms with Crippen molar-refractivity contribution in [1.29, 1.82) is 0 Å². The Morgan fingerprint density at radius 2 is 2.46 bits per heavy atom. The van der Waals surface area contributed by atoms with E-state index in [9.17, 15) is 4.79 Å². The van der Waals surface area contributed by atoms with Crippen molar-refractivity contribution in [2.75, 3.05) is 19.7 Å². The lowest BCUT2D eigenvalue weighted by Gasteiger charge is -2.23. The van der Waals surface area contributed by atoms with E-state index in [1.807, 2.05) is 0 Å². The van der Waals surface area contributed by atoms with Crippen LogP contribution in [0.1, 0.15) is 12.8 Å². The number of nitrogens with one attached hydrogen (secondary N) is 2. The van der Waals surface area contributed by atoms with E-state index >= 15 is 0 Å². The van der Waals surface area contributed by atoms with Crippen LogP contribution in [0.2, 0.25) is 0 Å². The summed E-state index contributed by atoms with van der Waals surface area (Å²) < 4.78 is 0. The molecule has 1 saturated heterocycles. The van der Waals surface area contributed by atoms with Crippen molar-refractivity contribution in [3.05, 3.63) is 0 Å². The molecule has 0 aromatic heterocycles. The maximum atomic E-state index is 11.2. The molecule has 1 amide bonds. The van der Waals surface area contributed by atoms with Crippen LogP contribution in [0.15, 0.2) is 0 Å². The second kappa shape index (κ2) is 5.16. The van der Waals surface area contributed by atoms with E-state index in [2.05, 4.69) is 10.6 Å². The molecule has 1 unspecified atom stereocenters. The minimum Gasteiger partial charge on any atom is -0.394 e. The van der Waals surface area contributed by atoms with Crippen LogP contribution in [0.25, 0.3) is 0 Å².